The van der Waals surface area contributed by atoms with Crippen LogP contribution in [0.1, 0.15) is 0 Å². The van der Waals surface area contributed by atoms with E-state index in [1.807, 2.05) is 29.1 Å². The minimum absolute atomic E-state index is 0.0330. The first-order valence-corrected chi connectivity index (χ1v) is 9.10. The summed E-state index contributed by atoms with van der Waals surface area (Å²) in [5, 5.41) is 13.5. The van der Waals surface area contributed by atoms with Crippen LogP contribution in [0.15, 0.2) is 40.9 Å². The number of halogens is 2. The first-order valence-electron chi connectivity index (χ1n) is 6.85. The van der Waals surface area contributed by atoms with Crippen LogP contribution < -0.4 is 5.32 Å². The van der Waals surface area contributed by atoms with Gasteiger partial charge in [-0.2, -0.15) is 0 Å². The molecule has 5 nitrogen and oxygen atoms in total. The average Bonchev–Trinajstić information content (AvgIpc) is 3.19. The molecule has 0 saturated carbocycles. The van der Waals surface area contributed by atoms with Crippen LogP contribution in [0.5, 0.6) is 0 Å². The first-order chi connectivity index (χ1) is 11.5. The van der Waals surface area contributed by atoms with Crippen molar-refractivity contribution in [1.29, 1.82) is 0 Å². The second kappa shape index (κ2) is 7.33. The summed E-state index contributed by atoms with van der Waals surface area (Å²) in [6.07, 6.45) is 0. The lowest BCUT2D eigenvalue weighted by Gasteiger charge is -2.06. The molecule has 0 radical (unpaired) electrons. The normalized spacial score (nSPS) is 10.8. The number of thiophene rings is 1. The summed E-state index contributed by atoms with van der Waals surface area (Å²) in [5.74, 6) is 0.164. The van der Waals surface area contributed by atoms with Gasteiger partial charge in [-0.3, -0.25) is 4.79 Å². The molecule has 0 aliphatic heterocycles. The maximum absolute atomic E-state index is 13.1. The fourth-order valence-electron chi connectivity index (χ4n) is 1.96. The van der Waals surface area contributed by atoms with Crippen molar-refractivity contribution >= 4 is 46.3 Å². The molecular weight excluding hydrogens is 371 g/mol. The third-order valence-electron chi connectivity index (χ3n) is 3.11. The summed E-state index contributed by atoms with van der Waals surface area (Å²) < 4.78 is 14.9. The molecule has 1 aromatic carbocycles. The van der Waals surface area contributed by atoms with Gasteiger partial charge in [-0.1, -0.05) is 29.4 Å². The summed E-state index contributed by atoms with van der Waals surface area (Å²) in [6.45, 7) is 0. The molecule has 3 rings (SSSR count). The van der Waals surface area contributed by atoms with Gasteiger partial charge in [0, 0.05) is 12.7 Å². The largest absolute Gasteiger partial charge is 0.325 e. The molecule has 3 aromatic rings. The lowest BCUT2D eigenvalue weighted by atomic mass is 10.3. The summed E-state index contributed by atoms with van der Waals surface area (Å²) in [5.41, 5.74) is 0.448. The van der Waals surface area contributed by atoms with Crippen molar-refractivity contribution in [3.8, 4) is 10.7 Å². The Morgan fingerprint density at radius 3 is 2.96 bits per heavy atom. The second-order valence-corrected chi connectivity index (χ2v) is 7.11. The van der Waals surface area contributed by atoms with Gasteiger partial charge in [0.1, 0.15) is 5.82 Å². The number of anilines is 1. The number of carbonyl (C=O) groups is 1. The summed E-state index contributed by atoms with van der Waals surface area (Å²) in [6, 6.07) is 7.95. The van der Waals surface area contributed by atoms with E-state index in [1.165, 1.54) is 30.0 Å². The van der Waals surface area contributed by atoms with E-state index < -0.39 is 5.82 Å². The molecule has 2 heterocycles. The first kappa shape index (κ1) is 16.9. The van der Waals surface area contributed by atoms with Gasteiger partial charge in [0.2, 0.25) is 5.91 Å². The van der Waals surface area contributed by atoms with Crippen molar-refractivity contribution in [3.05, 3.63) is 46.6 Å². The Bertz CT molecular complexity index is 866. The number of nitrogens with zero attached hydrogens (tertiary/aromatic N) is 3. The van der Waals surface area contributed by atoms with E-state index in [9.17, 15) is 9.18 Å². The molecule has 1 N–H and O–H groups in total. The Morgan fingerprint density at radius 1 is 1.42 bits per heavy atom. The fraction of sp³-hybridized carbons (Fsp3) is 0.133. The zero-order valence-corrected chi connectivity index (χ0v) is 14.9. The molecular formula is C15H12ClFN4OS2. The van der Waals surface area contributed by atoms with Crippen molar-refractivity contribution < 1.29 is 9.18 Å². The highest BCUT2D eigenvalue weighted by Crippen LogP contribution is 2.26. The highest BCUT2D eigenvalue weighted by Gasteiger charge is 2.13. The van der Waals surface area contributed by atoms with Gasteiger partial charge in [0.25, 0.3) is 0 Å². The van der Waals surface area contributed by atoms with E-state index in [2.05, 4.69) is 15.5 Å². The van der Waals surface area contributed by atoms with Crippen LogP contribution in [0.3, 0.4) is 0 Å². The van der Waals surface area contributed by atoms with Crippen molar-refractivity contribution in [2.24, 2.45) is 7.05 Å². The lowest BCUT2D eigenvalue weighted by Crippen LogP contribution is -2.14. The average molecular weight is 383 g/mol. The Labute approximate surface area is 150 Å². The smallest absolute Gasteiger partial charge is 0.234 e. The molecule has 0 aliphatic carbocycles. The molecule has 0 saturated heterocycles. The topological polar surface area (TPSA) is 59.8 Å². The quantitative estimate of drug-likeness (QED) is 0.676. The summed E-state index contributed by atoms with van der Waals surface area (Å²) >= 11 is 8.54. The zero-order valence-electron chi connectivity index (χ0n) is 12.5. The Morgan fingerprint density at radius 2 is 2.25 bits per heavy atom. The van der Waals surface area contributed by atoms with Gasteiger partial charge in [0.05, 0.1) is 15.7 Å². The van der Waals surface area contributed by atoms with Gasteiger partial charge in [-0.05, 0) is 29.6 Å². The predicted octanol–water partition coefficient (Wildman–Crippen LogP) is 4.07. The van der Waals surface area contributed by atoms with E-state index in [0.29, 0.717) is 10.8 Å². The van der Waals surface area contributed by atoms with Crippen LogP contribution in [0.4, 0.5) is 10.1 Å². The number of thioether (sulfide) groups is 1. The lowest BCUT2D eigenvalue weighted by molar-refractivity contribution is -0.113. The molecule has 0 fully saturated rings. The van der Waals surface area contributed by atoms with E-state index >= 15 is 0 Å². The monoisotopic (exact) mass is 382 g/mol. The maximum Gasteiger partial charge on any atom is 0.234 e. The number of rotatable bonds is 5. The number of hydrogen-bond donors (Lipinski definition) is 1. The molecule has 124 valence electrons. The number of nitrogens with one attached hydrogen (secondary N) is 1. The molecule has 0 spiro atoms. The number of carbonyl (C=O) groups excluding carboxylic acids is 1. The molecule has 0 atom stereocenters. The fourth-order valence-corrected chi connectivity index (χ4v) is 3.60. The summed E-state index contributed by atoms with van der Waals surface area (Å²) in [7, 11) is 1.86. The molecule has 24 heavy (non-hydrogen) atoms. The van der Waals surface area contributed by atoms with Crippen molar-refractivity contribution in [2.45, 2.75) is 5.16 Å². The second-order valence-electron chi connectivity index (χ2n) is 4.81. The highest BCUT2D eigenvalue weighted by atomic mass is 35.5. The van der Waals surface area contributed by atoms with E-state index in [4.69, 9.17) is 11.6 Å². The molecule has 2 aromatic heterocycles. The third-order valence-corrected chi connectivity index (χ3v) is 5.29. The number of amides is 1. The zero-order chi connectivity index (χ0) is 17.1. The van der Waals surface area contributed by atoms with Crippen molar-refractivity contribution in [2.75, 3.05) is 11.1 Å². The minimum Gasteiger partial charge on any atom is -0.325 e. The van der Waals surface area contributed by atoms with Gasteiger partial charge < -0.3 is 9.88 Å². The maximum atomic E-state index is 13.1. The van der Waals surface area contributed by atoms with Gasteiger partial charge in [-0.25, -0.2) is 4.39 Å². The number of benzene rings is 1. The Balaban J connectivity index is 1.61. The van der Waals surface area contributed by atoms with Crippen LogP contribution in [0.25, 0.3) is 10.7 Å². The van der Waals surface area contributed by atoms with Gasteiger partial charge >= 0.3 is 0 Å². The van der Waals surface area contributed by atoms with E-state index in [0.717, 1.165) is 10.7 Å². The Hall–Kier alpha value is -1.90. The predicted molar refractivity (Wildman–Crippen MR) is 95.1 cm³/mol. The highest BCUT2D eigenvalue weighted by molar-refractivity contribution is 7.99. The SMILES string of the molecule is Cn1c(SCC(=O)Nc2ccc(F)c(Cl)c2)nnc1-c1cccs1. The molecule has 0 aliphatic rings. The molecule has 0 unspecified atom stereocenters. The number of aromatic nitrogens is 3. The molecule has 0 bridgehead atoms. The van der Waals surface area contributed by atoms with Gasteiger partial charge in [-0.15, -0.1) is 21.5 Å². The number of hydrogen-bond acceptors (Lipinski definition) is 5. The van der Waals surface area contributed by atoms with Crippen LogP contribution >= 0.6 is 34.7 Å². The summed E-state index contributed by atoms with van der Waals surface area (Å²) in [4.78, 5) is 13.0. The Kier molecular flexibility index (Phi) is 5.17. The van der Waals surface area contributed by atoms with Crippen LogP contribution in [-0.2, 0) is 11.8 Å². The van der Waals surface area contributed by atoms with E-state index in [1.54, 1.807) is 11.3 Å². The molecule has 1 amide bonds. The minimum atomic E-state index is -0.524. The van der Waals surface area contributed by atoms with Crippen LogP contribution in [-0.4, -0.2) is 26.4 Å². The third kappa shape index (κ3) is 3.77. The van der Waals surface area contributed by atoms with E-state index in [-0.39, 0.29) is 16.7 Å². The van der Waals surface area contributed by atoms with Gasteiger partial charge in [0.15, 0.2) is 11.0 Å². The van der Waals surface area contributed by atoms with Crippen molar-refractivity contribution in [1.82, 2.24) is 14.8 Å². The van der Waals surface area contributed by atoms with Crippen LogP contribution in [0.2, 0.25) is 5.02 Å². The standard InChI is InChI=1S/C15H12ClFN4OS2/c1-21-14(12-3-2-6-23-12)19-20-15(21)24-8-13(22)18-9-4-5-11(17)10(16)7-9/h2-7H,8H2,1H3,(H,18,22). The van der Waals surface area contributed by atoms with Crippen LogP contribution in [0, 0.1) is 5.82 Å². The molecule has 9 heteroatoms. The van der Waals surface area contributed by atoms with Crippen molar-refractivity contribution in [3.63, 3.8) is 0 Å².